The van der Waals surface area contributed by atoms with Gasteiger partial charge in [-0.2, -0.15) is 0 Å². The summed E-state index contributed by atoms with van der Waals surface area (Å²) in [6.45, 7) is 4.99. The lowest BCUT2D eigenvalue weighted by Gasteiger charge is -2.25. The van der Waals surface area contributed by atoms with Gasteiger partial charge in [-0.1, -0.05) is 19.9 Å². The molecule has 0 aliphatic rings. The summed E-state index contributed by atoms with van der Waals surface area (Å²) in [5.74, 6) is 0.369. The molecule has 0 aliphatic carbocycles. The maximum atomic E-state index is 11.9. The Hall–Kier alpha value is -1.75. The molecule has 1 rings (SSSR count). The highest BCUT2D eigenvalue weighted by Crippen LogP contribution is 2.12. The van der Waals surface area contributed by atoms with Gasteiger partial charge in [0.15, 0.2) is 0 Å². The summed E-state index contributed by atoms with van der Waals surface area (Å²) in [6, 6.07) is 7.04. The smallest absolute Gasteiger partial charge is 0.319 e. The molecular formula is C14H24N4O. The van der Waals surface area contributed by atoms with Crippen LogP contribution in [0.5, 0.6) is 0 Å². The molecule has 0 spiro atoms. The molecule has 0 bridgehead atoms. The van der Waals surface area contributed by atoms with E-state index in [1.807, 2.05) is 26.2 Å². The first-order valence-electron chi connectivity index (χ1n) is 6.46. The third kappa shape index (κ3) is 5.61. The Morgan fingerprint density at radius 1 is 1.37 bits per heavy atom. The van der Waals surface area contributed by atoms with Crippen molar-refractivity contribution in [2.24, 2.45) is 5.92 Å². The number of urea groups is 1. The first kappa shape index (κ1) is 15.3. The molecule has 0 saturated carbocycles. The summed E-state index contributed by atoms with van der Waals surface area (Å²) in [5.41, 5.74) is 7.00. The number of nitrogens with two attached hydrogens (primary N) is 1. The van der Waals surface area contributed by atoms with Crippen LogP contribution in [0.1, 0.15) is 13.8 Å². The highest BCUT2D eigenvalue weighted by Gasteiger charge is 2.16. The van der Waals surface area contributed by atoms with Crippen LogP contribution in [0.2, 0.25) is 0 Å². The molecular weight excluding hydrogens is 240 g/mol. The Morgan fingerprint density at radius 2 is 2.05 bits per heavy atom. The van der Waals surface area contributed by atoms with Gasteiger partial charge in [0, 0.05) is 24.0 Å². The van der Waals surface area contributed by atoms with E-state index in [0.29, 0.717) is 17.3 Å². The van der Waals surface area contributed by atoms with E-state index < -0.39 is 0 Å². The van der Waals surface area contributed by atoms with E-state index in [2.05, 4.69) is 29.4 Å². The average molecular weight is 264 g/mol. The average Bonchev–Trinajstić information content (AvgIpc) is 2.27. The van der Waals surface area contributed by atoms with E-state index >= 15 is 0 Å². The molecule has 1 aromatic rings. The van der Waals surface area contributed by atoms with Gasteiger partial charge >= 0.3 is 6.03 Å². The summed E-state index contributed by atoms with van der Waals surface area (Å²) in [6.07, 6.45) is 0. The zero-order valence-corrected chi connectivity index (χ0v) is 12.1. The molecule has 1 atom stereocenters. The predicted octanol–water partition coefficient (Wildman–Crippen LogP) is 1.98. The number of nitrogens with zero attached hydrogens (tertiary/aromatic N) is 1. The van der Waals surface area contributed by atoms with Crippen molar-refractivity contribution in [1.82, 2.24) is 10.2 Å². The van der Waals surface area contributed by atoms with Gasteiger partial charge in [-0.25, -0.2) is 4.79 Å². The van der Waals surface area contributed by atoms with E-state index in [9.17, 15) is 4.79 Å². The minimum absolute atomic E-state index is 0.107. The summed E-state index contributed by atoms with van der Waals surface area (Å²) in [4.78, 5) is 14.0. The second kappa shape index (κ2) is 6.99. The lowest BCUT2D eigenvalue weighted by atomic mass is 10.0. The van der Waals surface area contributed by atoms with Gasteiger partial charge in [-0.15, -0.1) is 0 Å². The van der Waals surface area contributed by atoms with Crippen LogP contribution < -0.4 is 16.4 Å². The number of hydrogen-bond acceptors (Lipinski definition) is 3. The van der Waals surface area contributed by atoms with E-state index in [-0.39, 0.29) is 12.1 Å². The standard InChI is InChI=1S/C14H24N4O/c1-10(2)13(9-18(3)4)17-14(19)16-12-7-5-6-11(15)8-12/h5-8,10,13H,9,15H2,1-4H3,(H2,16,17,19). The number of amides is 2. The van der Waals surface area contributed by atoms with Crippen molar-refractivity contribution < 1.29 is 4.79 Å². The number of anilines is 2. The number of nitrogens with one attached hydrogen (secondary N) is 2. The third-order valence-corrected chi connectivity index (χ3v) is 2.83. The molecule has 1 aromatic carbocycles. The van der Waals surface area contributed by atoms with Crippen molar-refractivity contribution in [3.63, 3.8) is 0 Å². The van der Waals surface area contributed by atoms with Gasteiger partial charge < -0.3 is 21.3 Å². The first-order chi connectivity index (χ1) is 8.88. The molecule has 0 saturated heterocycles. The maximum absolute atomic E-state index is 11.9. The minimum atomic E-state index is -0.203. The lowest BCUT2D eigenvalue weighted by molar-refractivity contribution is 0.236. The Balaban J connectivity index is 2.57. The van der Waals surface area contributed by atoms with Crippen molar-refractivity contribution in [1.29, 1.82) is 0 Å². The van der Waals surface area contributed by atoms with Crippen molar-refractivity contribution in [2.75, 3.05) is 31.7 Å². The van der Waals surface area contributed by atoms with Crippen molar-refractivity contribution in [3.05, 3.63) is 24.3 Å². The van der Waals surface area contributed by atoms with Crippen LogP contribution in [0.25, 0.3) is 0 Å². The zero-order chi connectivity index (χ0) is 14.4. The second-order valence-corrected chi connectivity index (χ2v) is 5.34. The Bertz CT molecular complexity index is 418. The van der Waals surface area contributed by atoms with Crippen molar-refractivity contribution in [3.8, 4) is 0 Å². The largest absolute Gasteiger partial charge is 0.399 e. The van der Waals surface area contributed by atoms with Crippen LogP contribution in [0.4, 0.5) is 16.2 Å². The van der Waals surface area contributed by atoms with Crippen LogP contribution in [-0.2, 0) is 0 Å². The van der Waals surface area contributed by atoms with Gasteiger partial charge in [0.1, 0.15) is 0 Å². The molecule has 5 heteroatoms. The summed E-state index contributed by atoms with van der Waals surface area (Å²) in [7, 11) is 3.99. The predicted molar refractivity (Wildman–Crippen MR) is 80.2 cm³/mol. The van der Waals surface area contributed by atoms with Gasteiger partial charge in [-0.3, -0.25) is 0 Å². The molecule has 0 aromatic heterocycles. The molecule has 4 N–H and O–H groups in total. The second-order valence-electron chi connectivity index (χ2n) is 5.34. The fraction of sp³-hybridized carbons (Fsp3) is 0.500. The number of nitrogen functional groups attached to an aromatic ring is 1. The molecule has 19 heavy (non-hydrogen) atoms. The third-order valence-electron chi connectivity index (χ3n) is 2.83. The molecule has 0 fully saturated rings. The zero-order valence-electron chi connectivity index (χ0n) is 12.1. The Labute approximate surface area is 115 Å². The number of likely N-dealkylation sites (N-methyl/N-ethyl adjacent to an activating group) is 1. The molecule has 0 radical (unpaired) electrons. The fourth-order valence-corrected chi connectivity index (χ4v) is 1.77. The highest BCUT2D eigenvalue weighted by atomic mass is 16.2. The summed E-state index contributed by atoms with van der Waals surface area (Å²) < 4.78 is 0. The highest BCUT2D eigenvalue weighted by molar-refractivity contribution is 5.89. The SMILES string of the molecule is CC(C)C(CN(C)C)NC(=O)Nc1cccc(N)c1. The van der Waals surface area contributed by atoms with E-state index in [1.54, 1.807) is 12.1 Å². The van der Waals surface area contributed by atoms with Crippen molar-refractivity contribution >= 4 is 17.4 Å². The summed E-state index contributed by atoms with van der Waals surface area (Å²) in [5, 5.41) is 5.78. The van der Waals surface area contributed by atoms with Crippen LogP contribution in [0.3, 0.4) is 0 Å². The summed E-state index contributed by atoms with van der Waals surface area (Å²) >= 11 is 0. The number of benzene rings is 1. The van der Waals surface area contributed by atoms with Gasteiger partial charge in [0.2, 0.25) is 0 Å². The van der Waals surface area contributed by atoms with E-state index in [1.165, 1.54) is 0 Å². The van der Waals surface area contributed by atoms with Crippen LogP contribution in [0, 0.1) is 5.92 Å². The quantitative estimate of drug-likeness (QED) is 0.712. The molecule has 0 heterocycles. The van der Waals surface area contributed by atoms with Crippen LogP contribution >= 0.6 is 0 Å². The van der Waals surface area contributed by atoms with Gasteiger partial charge in [0.25, 0.3) is 0 Å². The number of carbonyl (C=O) groups is 1. The monoisotopic (exact) mass is 264 g/mol. The van der Waals surface area contributed by atoms with Crippen LogP contribution in [-0.4, -0.2) is 37.6 Å². The van der Waals surface area contributed by atoms with Crippen molar-refractivity contribution in [2.45, 2.75) is 19.9 Å². The van der Waals surface area contributed by atoms with Gasteiger partial charge in [0.05, 0.1) is 0 Å². The molecule has 5 nitrogen and oxygen atoms in total. The minimum Gasteiger partial charge on any atom is -0.399 e. The van der Waals surface area contributed by atoms with Crippen LogP contribution in [0.15, 0.2) is 24.3 Å². The van der Waals surface area contributed by atoms with E-state index in [0.717, 1.165) is 6.54 Å². The first-order valence-corrected chi connectivity index (χ1v) is 6.46. The Morgan fingerprint density at radius 3 is 2.58 bits per heavy atom. The van der Waals surface area contributed by atoms with Gasteiger partial charge in [-0.05, 0) is 38.2 Å². The molecule has 0 aliphatic heterocycles. The van der Waals surface area contributed by atoms with E-state index in [4.69, 9.17) is 5.73 Å². The normalized spacial score (nSPS) is 12.5. The lowest BCUT2D eigenvalue weighted by Crippen LogP contribution is -2.46. The number of rotatable bonds is 5. The fourth-order valence-electron chi connectivity index (χ4n) is 1.77. The molecule has 2 amide bonds. The Kier molecular flexibility index (Phi) is 5.63. The number of carbonyl (C=O) groups excluding carboxylic acids is 1. The topological polar surface area (TPSA) is 70.4 Å². The molecule has 106 valence electrons. The number of hydrogen-bond donors (Lipinski definition) is 3. The maximum Gasteiger partial charge on any atom is 0.319 e. The molecule has 1 unspecified atom stereocenters.